The Bertz CT molecular complexity index is 1280. The summed E-state index contributed by atoms with van der Waals surface area (Å²) >= 11 is 2.54. The Balaban J connectivity index is 1.42. The summed E-state index contributed by atoms with van der Waals surface area (Å²) in [6.45, 7) is 2.28. The van der Waals surface area contributed by atoms with Gasteiger partial charge in [0.2, 0.25) is 15.9 Å². The summed E-state index contributed by atoms with van der Waals surface area (Å²) in [4.78, 5) is 24.5. The number of thioether (sulfide) groups is 1. The van der Waals surface area contributed by atoms with Crippen LogP contribution in [0.5, 0.6) is 0 Å². The van der Waals surface area contributed by atoms with E-state index in [0.717, 1.165) is 11.0 Å². The normalized spacial score (nSPS) is 11.9. The molecule has 8 nitrogen and oxygen atoms in total. The fourth-order valence-electron chi connectivity index (χ4n) is 2.73. The quantitative estimate of drug-likeness (QED) is 0.345. The third-order valence-corrected chi connectivity index (χ3v) is 7.43. The Morgan fingerprint density at radius 1 is 1.17 bits per heavy atom. The molecule has 0 unspecified atom stereocenters. The third-order valence-electron chi connectivity index (χ3n) is 4.17. The van der Waals surface area contributed by atoms with Crippen molar-refractivity contribution in [1.29, 1.82) is 0 Å². The summed E-state index contributed by atoms with van der Waals surface area (Å²) in [7, 11) is -3.55. The van der Waals surface area contributed by atoms with Crippen LogP contribution in [0.2, 0.25) is 0 Å². The molecule has 3 N–H and O–H groups in total. The Kier molecular flexibility index (Phi) is 6.04. The number of para-hydroxylation sites is 2. The lowest BCUT2D eigenvalue weighted by molar-refractivity contribution is -0.113. The summed E-state index contributed by atoms with van der Waals surface area (Å²) in [5.74, 6) is -0.0342. The average Bonchev–Trinajstić information content (AvgIpc) is 3.33. The molecule has 0 atom stereocenters. The predicted octanol–water partition coefficient (Wildman–Crippen LogP) is 3.59. The monoisotopic (exact) mass is 461 g/mol. The van der Waals surface area contributed by atoms with Crippen molar-refractivity contribution in [2.24, 2.45) is 0 Å². The number of hydrogen-bond donors (Lipinski definition) is 3. The van der Waals surface area contributed by atoms with Gasteiger partial charge < -0.3 is 10.3 Å². The maximum atomic E-state index is 12.3. The molecular weight excluding hydrogens is 442 g/mol. The van der Waals surface area contributed by atoms with E-state index in [2.05, 4.69) is 25.0 Å². The van der Waals surface area contributed by atoms with E-state index in [4.69, 9.17) is 0 Å². The molecule has 0 aliphatic heterocycles. The number of nitrogens with one attached hydrogen (secondary N) is 3. The average molecular weight is 462 g/mol. The van der Waals surface area contributed by atoms with Crippen LogP contribution in [-0.4, -0.2) is 41.6 Å². The molecule has 0 radical (unpaired) electrons. The van der Waals surface area contributed by atoms with Crippen LogP contribution in [0.4, 0.5) is 5.13 Å². The maximum Gasteiger partial charge on any atom is 0.240 e. The van der Waals surface area contributed by atoms with Gasteiger partial charge in [-0.2, -0.15) is 0 Å². The molecule has 0 saturated carbocycles. The lowest BCUT2D eigenvalue weighted by atomic mass is 10.3. The zero-order valence-corrected chi connectivity index (χ0v) is 18.5. The van der Waals surface area contributed by atoms with Crippen molar-refractivity contribution in [2.45, 2.75) is 23.4 Å². The van der Waals surface area contributed by atoms with Crippen molar-refractivity contribution in [3.05, 3.63) is 42.5 Å². The zero-order chi connectivity index (χ0) is 21.1. The highest BCUT2D eigenvalue weighted by molar-refractivity contribution is 7.99. The van der Waals surface area contributed by atoms with Crippen LogP contribution in [0.25, 0.3) is 21.3 Å². The highest BCUT2D eigenvalue weighted by Gasteiger charge is 2.16. The molecule has 0 aliphatic carbocycles. The number of imidazole rings is 1. The zero-order valence-electron chi connectivity index (χ0n) is 16.0. The van der Waals surface area contributed by atoms with Gasteiger partial charge in [-0.15, -0.1) is 0 Å². The fourth-order valence-corrected chi connectivity index (χ4v) is 5.57. The van der Waals surface area contributed by atoms with E-state index in [-0.39, 0.29) is 16.6 Å². The van der Waals surface area contributed by atoms with Crippen LogP contribution in [0.3, 0.4) is 0 Å². The second-order valence-electron chi connectivity index (χ2n) is 6.44. The van der Waals surface area contributed by atoms with Crippen molar-refractivity contribution in [3.63, 3.8) is 0 Å². The van der Waals surface area contributed by atoms with E-state index in [1.807, 2.05) is 31.2 Å². The molecule has 2 heterocycles. The van der Waals surface area contributed by atoms with Gasteiger partial charge in [0.05, 0.1) is 31.9 Å². The molecule has 11 heteroatoms. The van der Waals surface area contributed by atoms with Gasteiger partial charge in [-0.1, -0.05) is 42.2 Å². The van der Waals surface area contributed by atoms with Crippen LogP contribution in [0.15, 0.2) is 52.5 Å². The van der Waals surface area contributed by atoms with Crippen molar-refractivity contribution >= 4 is 65.4 Å². The van der Waals surface area contributed by atoms with Crippen LogP contribution in [0, 0.1) is 0 Å². The molecule has 0 spiro atoms. The minimum atomic E-state index is -3.55. The van der Waals surface area contributed by atoms with Crippen LogP contribution in [-0.2, 0) is 14.8 Å². The number of benzene rings is 2. The standard InChI is InChI=1S/C19H19N5O3S3/c1-2-9-20-30(26,27)12-7-8-15-16(10-12)29-19(23-15)24-17(25)11-28-18-21-13-5-3-4-6-14(13)22-18/h3-8,10,20H,2,9,11H2,1H3,(H,21,22)(H,23,24,25). The number of carbonyl (C=O) groups is 1. The molecule has 2 aromatic carbocycles. The van der Waals surface area contributed by atoms with Crippen molar-refractivity contribution in [2.75, 3.05) is 17.6 Å². The van der Waals surface area contributed by atoms with Crippen molar-refractivity contribution in [1.82, 2.24) is 19.7 Å². The Labute approximate surface area is 181 Å². The third kappa shape index (κ3) is 4.64. The van der Waals surface area contributed by atoms with E-state index in [1.165, 1.54) is 29.2 Å². The van der Waals surface area contributed by atoms with Gasteiger partial charge in [0.15, 0.2) is 10.3 Å². The molecule has 2 aromatic heterocycles. The Morgan fingerprint density at radius 3 is 2.80 bits per heavy atom. The van der Waals surface area contributed by atoms with E-state index in [0.29, 0.717) is 33.5 Å². The first-order chi connectivity index (χ1) is 14.4. The number of fused-ring (bicyclic) bond motifs is 2. The molecule has 0 fully saturated rings. The molecular formula is C19H19N5O3S3. The number of carbonyl (C=O) groups excluding carboxylic acids is 1. The number of hydrogen-bond acceptors (Lipinski definition) is 7. The van der Waals surface area contributed by atoms with Crippen molar-refractivity contribution in [3.8, 4) is 0 Å². The summed E-state index contributed by atoms with van der Waals surface area (Å²) in [6.07, 6.45) is 0.713. The number of H-pyrrole nitrogens is 1. The first kappa shape index (κ1) is 20.8. The summed E-state index contributed by atoms with van der Waals surface area (Å²) in [6, 6.07) is 12.4. The van der Waals surface area contributed by atoms with Gasteiger partial charge in [-0.25, -0.2) is 23.1 Å². The number of nitrogens with zero attached hydrogens (tertiary/aromatic N) is 2. The first-order valence-corrected chi connectivity index (χ1v) is 12.5. The topological polar surface area (TPSA) is 117 Å². The van der Waals surface area contributed by atoms with Gasteiger partial charge in [-0.05, 0) is 36.8 Å². The smallest absolute Gasteiger partial charge is 0.240 e. The number of aromatic amines is 1. The lowest BCUT2D eigenvalue weighted by Crippen LogP contribution is -2.24. The number of rotatable bonds is 8. The fraction of sp³-hybridized carbons (Fsp3) is 0.211. The van der Waals surface area contributed by atoms with E-state index in [1.54, 1.807) is 12.1 Å². The second-order valence-corrected chi connectivity index (χ2v) is 10.2. The second kappa shape index (κ2) is 8.72. The Morgan fingerprint density at radius 2 is 2.00 bits per heavy atom. The highest BCUT2D eigenvalue weighted by atomic mass is 32.2. The molecule has 0 saturated heterocycles. The maximum absolute atomic E-state index is 12.3. The van der Waals surface area contributed by atoms with Gasteiger partial charge in [-0.3, -0.25) is 4.79 Å². The van der Waals surface area contributed by atoms with Crippen LogP contribution in [0.1, 0.15) is 13.3 Å². The molecule has 0 aliphatic rings. The molecule has 1 amide bonds. The van der Waals surface area contributed by atoms with E-state index >= 15 is 0 Å². The first-order valence-electron chi connectivity index (χ1n) is 9.22. The van der Waals surface area contributed by atoms with Gasteiger partial charge in [0.25, 0.3) is 0 Å². The molecule has 156 valence electrons. The number of amides is 1. The molecule has 4 rings (SSSR count). The number of thiazole rings is 1. The summed E-state index contributed by atoms with van der Waals surface area (Å²) in [5.41, 5.74) is 2.41. The van der Waals surface area contributed by atoms with E-state index < -0.39 is 10.0 Å². The summed E-state index contributed by atoms with van der Waals surface area (Å²) in [5, 5.41) is 3.87. The highest BCUT2D eigenvalue weighted by Crippen LogP contribution is 2.28. The molecule has 30 heavy (non-hydrogen) atoms. The number of sulfonamides is 1. The van der Waals surface area contributed by atoms with Gasteiger partial charge >= 0.3 is 0 Å². The van der Waals surface area contributed by atoms with Gasteiger partial charge in [0, 0.05) is 6.54 Å². The van der Waals surface area contributed by atoms with E-state index in [9.17, 15) is 13.2 Å². The van der Waals surface area contributed by atoms with Crippen molar-refractivity contribution < 1.29 is 13.2 Å². The minimum absolute atomic E-state index is 0.177. The van der Waals surface area contributed by atoms with Gasteiger partial charge in [0.1, 0.15) is 0 Å². The number of aromatic nitrogens is 3. The largest absolute Gasteiger partial charge is 0.333 e. The lowest BCUT2D eigenvalue weighted by Gasteiger charge is -2.04. The summed E-state index contributed by atoms with van der Waals surface area (Å²) < 4.78 is 27.8. The number of anilines is 1. The molecule has 4 aromatic rings. The Hall–Kier alpha value is -2.47. The SMILES string of the molecule is CCCNS(=O)(=O)c1ccc2nc(NC(=O)CSc3nc4ccccc4[nH]3)sc2c1. The minimum Gasteiger partial charge on any atom is -0.333 e. The molecule has 0 bridgehead atoms. The van der Waals surface area contributed by atoms with Crippen LogP contribution < -0.4 is 10.0 Å². The van der Waals surface area contributed by atoms with Crippen LogP contribution >= 0.6 is 23.1 Å². The predicted molar refractivity (Wildman–Crippen MR) is 121 cm³/mol.